The van der Waals surface area contributed by atoms with E-state index in [0.29, 0.717) is 56.2 Å². The number of sulfone groups is 1. The number of amides is 2. The summed E-state index contributed by atoms with van der Waals surface area (Å²) in [4.78, 5) is 25.8. The molecule has 1 fully saturated rings. The molecule has 4 rings (SSSR count). The minimum Gasteiger partial charge on any atom is -0.352 e. The second-order valence-corrected chi connectivity index (χ2v) is 12.5. The maximum absolute atomic E-state index is 13.4. The third-order valence-electron chi connectivity index (χ3n) is 7.18. The first kappa shape index (κ1) is 28.1. The molecular weight excluding hydrogens is 524 g/mol. The Labute approximate surface area is 229 Å². The molecule has 0 aromatic heterocycles. The quantitative estimate of drug-likeness (QED) is 0.453. The van der Waals surface area contributed by atoms with E-state index in [1.165, 1.54) is 6.07 Å². The third kappa shape index (κ3) is 7.80. The number of halogens is 1. The van der Waals surface area contributed by atoms with Crippen LogP contribution in [0.2, 0.25) is 5.02 Å². The number of benzene rings is 2. The van der Waals surface area contributed by atoms with E-state index >= 15 is 0 Å². The van der Waals surface area contributed by atoms with E-state index in [4.69, 9.17) is 11.6 Å². The van der Waals surface area contributed by atoms with E-state index in [9.17, 15) is 18.0 Å². The van der Waals surface area contributed by atoms with Gasteiger partial charge >= 0.3 is 0 Å². The van der Waals surface area contributed by atoms with Gasteiger partial charge in [0, 0.05) is 38.7 Å². The maximum atomic E-state index is 13.4. The lowest BCUT2D eigenvalue weighted by Gasteiger charge is -2.21. The fraction of sp³-hybridized carbons (Fsp3) is 0.464. The molecule has 204 valence electrons. The third-order valence-corrected chi connectivity index (χ3v) is 8.76. The molecule has 2 aromatic carbocycles. The van der Waals surface area contributed by atoms with Crippen molar-refractivity contribution in [2.24, 2.45) is 11.0 Å². The summed E-state index contributed by atoms with van der Waals surface area (Å²) in [6.07, 6.45) is 7.18. The standard InChI is InChI=1S/C28H35ClN4O4S/c1-38(36,37)25-12-11-22(18-24(25)29)23(17-20-7-5-6-8-20)28(35)31-26-13-15-33(32-26)16-14-27(34)30-19-21-9-3-2-4-10-21/h2-4,9-12,18,20,23H,5-8,13-17,19H2,1H3,(H,30,34)(H,31,32,35)/t23-/m1/s1. The summed E-state index contributed by atoms with van der Waals surface area (Å²) in [5.41, 5.74) is 1.75. The molecule has 2 N–H and O–H groups in total. The Bertz CT molecular complexity index is 1280. The van der Waals surface area contributed by atoms with Crippen molar-refractivity contribution in [2.75, 3.05) is 19.3 Å². The summed E-state index contributed by atoms with van der Waals surface area (Å²) in [6, 6.07) is 14.5. The minimum absolute atomic E-state index is 0.0485. The minimum atomic E-state index is -3.46. The summed E-state index contributed by atoms with van der Waals surface area (Å²) in [5.74, 6) is 0.351. The van der Waals surface area contributed by atoms with Crippen LogP contribution in [0.1, 0.15) is 62.0 Å². The van der Waals surface area contributed by atoms with E-state index in [0.717, 1.165) is 37.5 Å². The Hall–Kier alpha value is -2.91. The highest BCUT2D eigenvalue weighted by molar-refractivity contribution is 7.90. The molecule has 1 aliphatic heterocycles. The molecule has 10 heteroatoms. The second-order valence-electron chi connectivity index (χ2n) is 10.2. The van der Waals surface area contributed by atoms with Crippen LogP contribution in [0.25, 0.3) is 0 Å². The highest BCUT2D eigenvalue weighted by atomic mass is 35.5. The van der Waals surface area contributed by atoms with E-state index in [-0.39, 0.29) is 21.7 Å². The van der Waals surface area contributed by atoms with Gasteiger partial charge in [-0.05, 0) is 35.6 Å². The van der Waals surface area contributed by atoms with Crippen molar-refractivity contribution in [3.05, 3.63) is 64.7 Å². The number of hydrogen-bond donors (Lipinski definition) is 2. The van der Waals surface area contributed by atoms with Gasteiger partial charge in [0.2, 0.25) is 11.8 Å². The van der Waals surface area contributed by atoms with Crippen LogP contribution < -0.4 is 10.6 Å². The first-order chi connectivity index (χ1) is 18.2. The highest BCUT2D eigenvalue weighted by Crippen LogP contribution is 2.36. The van der Waals surface area contributed by atoms with Crippen molar-refractivity contribution in [3.63, 3.8) is 0 Å². The Morgan fingerprint density at radius 2 is 1.87 bits per heavy atom. The van der Waals surface area contributed by atoms with Gasteiger partial charge in [0.25, 0.3) is 0 Å². The van der Waals surface area contributed by atoms with Gasteiger partial charge < -0.3 is 10.6 Å². The van der Waals surface area contributed by atoms with Crippen molar-refractivity contribution >= 4 is 39.1 Å². The molecule has 38 heavy (non-hydrogen) atoms. The first-order valence-corrected chi connectivity index (χ1v) is 15.4. The number of nitrogens with zero attached hydrogens (tertiary/aromatic N) is 2. The number of hydrazone groups is 1. The summed E-state index contributed by atoms with van der Waals surface area (Å²) < 4.78 is 24.0. The summed E-state index contributed by atoms with van der Waals surface area (Å²) in [5, 5.41) is 12.4. The molecule has 1 heterocycles. The molecule has 0 spiro atoms. The molecule has 0 unspecified atom stereocenters. The Kier molecular flexibility index (Phi) is 9.44. The number of hydrogen-bond acceptors (Lipinski definition) is 6. The Morgan fingerprint density at radius 3 is 2.55 bits per heavy atom. The van der Waals surface area contributed by atoms with E-state index < -0.39 is 15.8 Å². The predicted molar refractivity (Wildman–Crippen MR) is 149 cm³/mol. The van der Waals surface area contributed by atoms with Crippen molar-refractivity contribution in [3.8, 4) is 0 Å². The highest BCUT2D eigenvalue weighted by Gasteiger charge is 2.29. The van der Waals surface area contributed by atoms with Crippen LogP contribution in [-0.2, 0) is 26.0 Å². The summed E-state index contributed by atoms with van der Waals surface area (Å²) in [7, 11) is -3.46. The molecule has 1 saturated carbocycles. The van der Waals surface area contributed by atoms with E-state index in [1.807, 2.05) is 35.3 Å². The van der Waals surface area contributed by atoms with E-state index in [2.05, 4.69) is 15.7 Å². The number of rotatable bonds is 10. The summed E-state index contributed by atoms with van der Waals surface area (Å²) in [6.45, 7) is 1.58. The summed E-state index contributed by atoms with van der Waals surface area (Å²) >= 11 is 6.31. The van der Waals surface area contributed by atoms with Gasteiger partial charge in [0.1, 0.15) is 5.84 Å². The van der Waals surface area contributed by atoms with Crippen LogP contribution >= 0.6 is 11.6 Å². The van der Waals surface area contributed by atoms with Gasteiger partial charge in [0.05, 0.1) is 15.8 Å². The first-order valence-electron chi connectivity index (χ1n) is 13.1. The number of carbonyl (C=O) groups excluding carboxylic acids is 2. The zero-order valence-electron chi connectivity index (χ0n) is 21.7. The van der Waals surface area contributed by atoms with Crippen LogP contribution in [0.3, 0.4) is 0 Å². The van der Waals surface area contributed by atoms with Crippen LogP contribution in [0.5, 0.6) is 0 Å². The smallest absolute Gasteiger partial charge is 0.232 e. The van der Waals surface area contributed by atoms with Crippen LogP contribution in [0.15, 0.2) is 58.5 Å². The zero-order valence-corrected chi connectivity index (χ0v) is 23.2. The largest absolute Gasteiger partial charge is 0.352 e. The lowest BCUT2D eigenvalue weighted by Crippen LogP contribution is -2.34. The van der Waals surface area contributed by atoms with Crippen molar-refractivity contribution in [1.82, 2.24) is 15.6 Å². The van der Waals surface area contributed by atoms with Crippen molar-refractivity contribution in [1.29, 1.82) is 0 Å². The molecule has 0 bridgehead atoms. The van der Waals surface area contributed by atoms with Crippen molar-refractivity contribution < 1.29 is 18.0 Å². The monoisotopic (exact) mass is 558 g/mol. The Balaban J connectivity index is 1.36. The fourth-order valence-corrected chi connectivity index (χ4v) is 6.45. The zero-order chi connectivity index (χ0) is 27.1. The van der Waals surface area contributed by atoms with Crippen LogP contribution in [0, 0.1) is 5.92 Å². The van der Waals surface area contributed by atoms with Crippen LogP contribution in [-0.4, -0.2) is 50.4 Å². The number of carbonyl (C=O) groups is 2. The lowest BCUT2D eigenvalue weighted by atomic mass is 9.87. The normalized spacial score (nSPS) is 16.8. The van der Waals surface area contributed by atoms with Crippen molar-refractivity contribution in [2.45, 2.75) is 62.3 Å². The Morgan fingerprint density at radius 1 is 1.13 bits per heavy atom. The van der Waals surface area contributed by atoms with Gasteiger partial charge in [0.15, 0.2) is 9.84 Å². The molecule has 1 atom stereocenters. The lowest BCUT2D eigenvalue weighted by molar-refractivity contribution is -0.122. The van der Waals surface area contributed by atoms with Crippen LogP contribution in [0.4, 0.5) is 0 Å². The molecular formula is C28H35ClN4O4S. The SMILES string of the molecule is CS(=O)(=O)c1ccc([C@@H](CC2CCCC2)C(=O)NC2=NN(CCC(=O)NCc3ccccc3)CC2)cc1Cl. The molecule has 2 amide bonds. The van der Waals surface area contributed by atoms with Gasteiger partial charge in [-0.15, -0.1) is 0 Å². The molecule has 1 aliphatic carbocycles. The average Bonchev–Trinajstić information content (AvgIpc) is 3.56. The van der Waals surface area contributed by atoms with Gasteiger partial charge in [-0.25, -0.2) is 8.42 Å². The molecule has 0 saturated heterocycles. The average molecular weight is 559 g/mol. The molecule has 2 aliphatic rings. The predicted octanol–water partition coefficient (Wildman–Crippen LogP) is 4.25. The molecule has 0 radical (unpaired) electrons. The number of amidine groups is 1. The van der Waals surface area contributed by atoms with E-state index in [1.54, 1.807) is 12.1 Å². The fourth-order valence-electron chi connectivity index (χ4n) is 5.11. The second kappa shape index (κ2) is 12.8. The molecule has 8 nitrogen and oxygen atoms in total. The van der Waals surface area contributed by atoms with Gasteiger partial charge in [-0.2, -0.15) is 5.10 Å². The molecule has 2 aromatic rings. The van der Waals surface area contributed by atoms with Gasteiger partial charge in [-0.1, -0.05) is 73.7 Å². The van der Waals surface area contributed by atoms with Gasteiger partial charge in [-0.3, -0.25) is 14.6 Å². The number of nitrogens with one attached hydrogen (secondary N) is 2. The maximum Gasteiger partial charge on any atom is 0.232 e. The topological polar surface area (TPSA) is 108 Å².